The number of nitrogens with zero attached hydrogens (tertiary/aromatic N) is 1. The molecular formula is C18H13ClF4N2. The van der Waals surface area contributed by atoms with Crippen LogP contribution in [-0.2, 0) is 6.18 Å². The predicted octanol–water partition coefficient (Wildman–Crippen LogP) is 6.32. The molecule has 0 aliphatic carbocycles. The molecule has 0 atom stereocenters. The van der Waals surface area contributed by atoms with Crippen molar-refractivity contribution in [1.82, 2.24) is 10.2 Å². The molecule has 0 saturated carbocycles. The molecule has 130 valence electrons. The zero-order chi connectivity index (χ0) is 18.2. The first-order valence-corrected chi connectivity index (χ1v) is 7.88. The molecule has 1 heterocycles. The number of rotatable bonds is 3. The first kappa shape index (κ1) is 17.5. The summed E-state index contributed by atoms with van der Waals surface area (Å²) in [6.07, 6.45) is -1.48. The zero-order valence-corrected chi connectivity index (χ0v) is 13.8. The SMILES string of the molecule is CC/C(=C\c1ccc2[nH]ncc2c1F)c1ccc(Cl)cc1C(F)(F)F. The van der Waals surface area contributed by atoms with Crippen LogP contribution in [0.2, 0.25) is 5.02 Å². The van der Waals surface area contributed by atoms with Crippen molar-refractivity contribution >= 4 is 34.2 Å². The molecule has 0 spiro atoms. The van der Waals surface area contributed by atoms with Gasteiger partial charge in [0.25, 0.3) is 0 Å². The number of halogens is 5. The molecule has 0 amide bonds. The molecule has 3 aromatic rings. The Bertz CT molecular complexity index is 957. The minimum absolute atomic E-state index is 0.00229. The zero-order valence-electron chi connectivity index (χ0n) is 13.1. The molecule has 0 bridgehead atoms. The molecule has 1 aromatic heterocycles. The summed E-state index contributed by atoms with van der Waals surface area (Å²) in [5.74, 6) is -0.528. The summed E-state index contributed by atoms with van der Waals surface area (Å²) < 4.78 is 54.6. The average molecular weight is 369 g/mol. The monoisotopic (exact) mass is 368 g/mol. The quantitative estimate of drug-likeness (QED) is 0.425. The second kappa shape index (κ2) is 6.52. The highest BCUT2D eigenvalue weighted by Gasteiger charge is 2.34. The van der Waals surface area contributed by atoms with Crippen LogP contribution in [0, 0.1) is 5.82 Å². The number of aromatic nitrogens is 2. The van der Waals surface area contributed by atoms with E-state index in [4.69, 9.17) is 11.6 Å². The van der Waals surface area contributed by atoms with Crippen molar-refractivity contribution in [3.05, 3.63) is 64.1 Å². The number of allylic oxidation sites excluding steroid dienone is 1. The Labute approximate surface area is 146 Å². The van der Waals surface area contributed by atoms with Crippen molar-refractivity contribution in [2.24, 2.45) is 0 Å². The van der Waals surface area contributed by atoms with Crippen LogP contribution in [0.15, 0.2) is 36.5 Å². The van der Waals surface area contributed by atoms with Crippen molar-refractivity contribution in [3.8, 4) is 0 Å². The molecule has 3 rings (SSSR count). The fourth-order valence-corrected chi connectivity index (χ4v) is 2.87. The van der Waals surface area contributed by atoms with Crippen molar-refractivity contribution in [3.63, 3.8) is 0 Å². The molecule has 0 unspecified atom stereocenters. The van der Waals surface area contributed by atoms with Crippen molar-refractivity contribution in [2.45, 2.75) is 19.5 Å². The Hall–Kier alpha value is -2.34. The van der Waals surface area contributed by atoms with E-state index in [1.165, 1.54) is 30.5 Å². The van der Waals surface area contributed by atoms with E-state index in [2.05, 4.69) is 10.2 Å². The van der Waals surface area contributed by atoms with Crippen LogP contribution in [0.4, 0.5) is 17.6 Å². The molecule has 0 radical (unpaired) electrons. The lowest BCUT2D eigenvalue weighted by molar-refractivity contribution is -0.137. The van der Waals surface area contributed by atoms with Gasteiger partial charge < -0.3 is 0 Å². The maximum Gasteiger partial charge on any atom is 0.417 e. The van der Waals surface area contributed by atoms with Crippen molar-refractivity contribution < 1.29 is 17.6 Å². The lowest BCUT2D eigenvalue weighted by Gasteiger charge is -2.15. The number of fused-ring (bicyclic) bond motifs is 1. The summed E-state index contributed by atoms with van der Waals surface area (Å²) in [4.78, 5) is 0. The molecular weight excluding hydrogens is 356 g/mol. The largest absolute Gasteiger partial charge is 0.417 e. The Kier molecular flexibility index (Phi) is 4.56. The molecule has 0 saturated heterocycles. The summed E-state index contributed by atoms with van der Waals surface area (Å²) in [5.41, 5.74) is 0.249. The Morgan fingerprint density at radius 2 is 2.00 bits per heavy atom. The van der Waals surface area contributed by atoms with Gasteiger partial charge in [-0.15, -0.1) is 0 Å². The third-order valence-electron chi connectivity index (χ3n) is 3.93. The molecule has 1 N–H and O–H groups in total. The smallest absolute Gasteiger partial charge is 0.278 e. The predicted molar refractivity (Wildman–Crippen MR) is 90.7 cm³/mol. The van der Waals surface area contributed by atoms with E-state index in [0.717, 1.165) is 6.07 Å². The van der Waals surface area contributed by atoms with E-state index >= 15 is 0 Å². The molecule has 25 heavy (non-hydrogen) atoms. The lowest BCUT2D eigenvalue weighted by Crippen LogP contribution is -2.09. The highest BCUT2D eigenvalue weighted by molar-refractivity contribution is 6.30. The highest BCUT2D eigenvalue weighted by Crippen LogP contribution is 2.38. The summed E-state index contributed by atoms with van der Waals surface area (Å²) in [6.45, 7) is 1.72. The van der Waals surface area contributed by atoms with E-state index in [1.807, 2.05) is 0 Å². The molecule has 0 aliphatic heterocycles. The first-order valence-electron chi connectivity index (χ1n) is 7.50. The van der Waals surface area contributed by atoms with Gasteiger partial charge in [0.2, 0.25) is 0 Å². The Balaban J connectivity index is 2.17. The topological polar surface area (TPSA) is 28.7 Å². The Morgan fingerprint density at radius 3 is 2.68 bits per heavy atom. The number of H-pyrrole nitrogens is 1. The average Bonchev–Trinajstić information content (AvgIpc) is 3.03. The number of hydrogen-bond donors (Lipinski definition) is 1. The number of aromatic amines is 1. The van der Waals surface area contributed by atoms with Gasteiger partial charge in [-0.3, -0.25) is 5.10 Å². The normalized spacial score (nSPS) is 12.8. The van der Waals surface area contributed by atoms with Gasteiger partial charge in [0.15, 0.2) is 0 Å². The van der Waals surface area contributed by atoms with Crippen LogP contribution < -0.4 is 0 Å². The second-order valence-electron chi connectivity index (χ2n) is 5.51. The van der Waals surface area contributed by atoms with Gasteiger partial charge in [-0.1, -0.05) is 24.6 Å². The fourth-order valence-electron chi connectivity index (χ4n) is 2.70. The van der Waals surface area contributed by atoms with Crippen LogP contribution in [0.1, 0.15) is 30.0 Å². The lowest BCUT2D eigenvalue weighted by atomic mass is 9.95. The second-order valence-corrected chi connectivity index (χ2v) is 5.95. The third kappa shape index (κ3) is 3.39. The molecule has 7 heteroatoms. The summed E-state index contributed by atoms with van der Waals surface area (Å²) in [6, 6.07) is 6.74. The molecule has 0 fully saturated rings. The van der Waals surface area contributed by atoms with Crippen LogP contribution in [-0.4, -0.2) is 10.2 Å². The van der Waals surface area contributed by atoms with Gasteiger partial charge in [0.1, 0.15) is 5.82 Å². The van der Waals surface area contributed by atoms with Gasteiger partial charge in [0, 0.05) is 10.6 Å². The van der Waals surface area contributed by atoms with Gasteiger partial charge in [-0.25, -0.2) is 4.39 Å². The van der Waals surface area contributed by atoms with Gasteiger partial charge in [0.05, 0.1) is 22.7 Å². The summed E-state index contributed by atoms with van der Waals surface area (Å²) >= 11 is 5.72. The van der Waals surface area contributed by atoms with E-state index in [-0.39, 0.29) is 21.5 Å². The first-order chi connectivity index (χ1) is 11.8. The van der Waals surface area contributed by atoms with Crippen molar-refractivity contribution in [2.75, 3.05) is 0 Å². The van der Waals surface area contributed by atoms with E-state index in [9.17, 15) is 17.6 Å². The molecule has 2 nitrogen and oxygen atoms in total. The van der Waals surface area contributed by atoms with E-state index in [0.29, 0.717) is 17.5 Å². The summed E-state index contributed by atoms with van der Waals surface area (Å²) in [7, 11) is 0. The van der Waals surface area contributed by atoms with Crippen LogP contribution >= 0.6 is 11.6 Å². The maximum absolute atomic E-state index is 14.6. The standard InChI is InChI=1S/C18H13ClF4N2/c1-2-10(13-5-4-12(19)8-15(13)18(21,22)23)7-11-3-6-16-14(17(11)20)9-24-25-16/h3-9H,2H2,1H3,(H,24,25)/b10-7+. The third-order valence-corrected chi connectivity index (χ3v) is 4.17. The van der Waals surface area contributed by atoms with Crippen LogP contribution in [0.25, 0.3) is 22.6 Å². The van der Waals surface area contributed by atoms with Crippen molar-refractivity contribution in [1.29, 1.82) is 0 Å². The fraction of sp³-hybridized carbons (Fsp3) is 0.167. The van der Waals surface area contributed by atoms with Gasteiger partial charge in [-0.05, 0) is 47.9 Å². The summed E-state index contributed by atoms with van der Waals surface area (Å²) in [5, 5.41) is 6.70. The minimum Gasteiger partial charge on any atom is -0.278 e. The minimum atomic E-state index is -4.55. The van der Waals surface area contributed by atoms with Gasteiger partial charge in [-0.2, -0.15) is 18.3 Å². The van der Waals surface area contributed by atoms with Crippen LogP contribution in [0.3, 0.4) is 0 Å². The number of hydrogen-bond acceptors (Lipinski definition) is 1. The molecule has 0 aliphatic rings. The highest BCUT2D eigenvalue weighted by atomic mass is 35.5. The van der Waals surface area contributed by atoms with E-state index < -0.39 is 17.6 Å². The maximum atomic E-state index is 14.6. The number of benzene rings is 2. The van der Waals surface area contributed by atoms with E-state index in [1.54, 1.807) is 13.0 Å². The van der Waals surface area contributed by atoms with Gasteiger partial charge >= 0.3 is 6.18 Å². The molecule has 2 aromatic carbocycles. The number of nitrogens with one attached hydrogen (secondary N) is 1. The number of alkyl halides is 3. The Morgan fingerprint density at radius 1 is 1.24 bits per heavy atom. The van der Waals surface area contributed by atoms with Crippen LogP contribution in [0.5, 0.6) is 0 Å².